The standard InChI is InChI=1S/C31H28N10/c1-31(2,3)19-37-29-23(15-34)16-36-28-22(14-33)11-24(12-26(28)29)38-30(21-7-4-6-20(10-21)13-32)27-18-41(40-39-27)25-8-5-9-35-17-25/h4-12,16-18,30,38-40H,19H2,1-3H3,(H,36,37). The number of aromatic nitrogens is 2. The molecule has 0 aliphatic carbocycles. The summed E-state index contributed by atoms with van der Waals surface area (Å²) in [6.45, 7) is 6.94. The van der Waals surface area contributed by atoms with Crippen LogP contribution in [0.5, 0.6) is 0 Å². The van der Waals surface area contributed by atoms with E-state index in [4.69, 9.17) is 0 Å². The quantitative estimate of drug-likeness (QED) is 0.246. The van der Waals surface area contributed by atoms with E-state index >= 15 is 0 Å². The monoisotopic (exact) mass is 540 g/mol. The summed E-state index contributed by atoms with van der Waals surface area (Å²) in [7, 11) is 0. The maximum absolute atomic E-state index is 10.0. The fraction of sp³-hybridized carbons (Fsp3) is 0.194. The molecule has 41 heavy (non-hydrogen) atoms. The Morgan fingerprint density at radius 2 is 1.80 bits per heavy atom. The fourth-order valence-electron chi connectivity index (χ4n) is 4.51. The lowest BCUT2D eigenvalue weighted by molar-refractivity contribution is 0.443. The highest BCUT2D eigenvalue weighted by atomic mass is 15.7. The van der Waals surface area contributed by atoms with Gasteiger partial charge in [0.1, 0.15) is 12.1 Å². The van der Waals surface area contributed by atoms with Crippen LogP contribution < -0.4 is 26.6 Å². The van der Waals surface area contributed by atoms with Crippen molar-refractivity contribution in [3.63, 3.8) is 0 Å². The van der Waals surface area contributed by atoms with Crippen molar-refractivity contribution in [3.05, 3.63) is 101 Å². The Hall–Kier alpha value is -5.63. The topological polar surface area (TPSA) is 149 Å². The van der Waals surface area contributed by atoms with Gasteiger partial charge in [0.05, 0.1) is 57.6 Å². The SMILES string of the molecule is CC(C)(C)CNc1c(C#N)cnc2c(C#N)cc(NC(C3=CN(c4cccnc4)NN3)c3cccc(C#N)c3)cc12. The van der Waals surface area contributed by atoms with Crippen LogP contribution in [0.4, 0.5) is 17.1 Å². The van der Waals surface area contributed by atoms with E-state index in [0.29, 0.717) is 45.5 Å². The largest absolute Gasteiger partial charge is 0.383 e. The van der Waals surface area contributed by atoms with Crippen molar-refractivity contribution in [1.82, 2.24) is 20.9 Å². The summed E-state index contributed by atoms with van der Waals surface area (Å²) in [5.74, 6) is 0. The van der Waals surface area contributed by atoms with Gasteiger partial charge in [-0.3, -0.25) is 15.0 Å². The van der Waals surface area contributed by atoms with E-state index in [2.05, 4.69) is 70.5 Å². The first kappa shape index (κ1) is 27.0. The van der Waals surface area contributed by atoms with E-state index in [-0.39, 0.29) is 5.41 Å². The third kappa shape index (κ3) is 5.86. The maximum atomic E-state index is 10.0. The predicted molar refractivity (Wildman–Crippen MR) is 158 cm³/mol. The van der Waals surface area contributed by atoms with Gasteiger partial charge in [0.15, 0.2) is 0 Å². The molecule has 0 amide bonds. The molecule has 0 fully saturated rings. The van der Waals surface area contributed by atoms with Gasteiger partial charge in [-0.25, -0.2) is 0 Å². The van der Waals surface area contributed by atoms with Gasteiger partial charge in [-0.15, -0.1) is 5.53 Å². The Labute approximate surface area is 238 Å². The van der Waals surface area contributed by atoms with Crippen LogP contribution >= 0.6 is 0 Å². The Balaban J connectivity index is 1.61. The summed E-state index contributed by atoms with van der Waals surface area (Å²) in [6, 6.07) is 21.0. The molecule has 0 spiro atoms. The summed E-state index contributed by atoms with van der Waals surface area (Å²) < 4.78 is 0. The summed E-state index contributed by atoms with van der Waals surface area (Å²) in [5.41, 5.74) is 11.9. The first-order valence-corrected chi connectivity index (χ1v) is 13.0. The number of hydrogen-bond acceptors (Lipinski definition) is 10. The van der Waals surface area contributed by atoms with E-state index in [9.17, 15) is 15.8 Å². The van der Waals surface area contributed by atoms with Crippen LogP contribution in [-0.4, -0.2) is 16.5 Å². The maximum Gasteiger partial charge on any atom is 0.103 e. The molecule has 2 aromatic carbocycles. The zero-order valence-electron chi connectivity index (χ0n) is 22.9. The molecule has 10 nitrogen and oxygen atoms in total. The molecule has 1 unspecified atom stereocenters. The molecule has 1 aliphatic heterocycles. The Kier molecular flexibility index (Phi) is 7.39. The number of hydrazine groups is 2. The van der Waals surface area contributed by atoms with Crippen LogP contribution in [0.2, 0.25) is 0 Å². The van der Waals surface area contributed by atoms with E-state index in [0.717, 1.165) is 16.9 Å². The van der Waals surface area contributed by atoms with Gasteiger partial charge in [0.2, 0.25) is 0 Å². The van der Waals surface area contributed by atoms with Crippen molar-refractivity contribution >= 4 is 28.0 Å². The van der Waals surface area contributed by atoms with Gasteiger partial charge in [-0.1, -0.05) is 32.9 Å². The Morgan fingerprint density at radius 3 is 2.51 bits per heavy atom. The lowest BCUT2D eigenvalue weighted by Gasteiger charge is -2.23. The van der Waals surface area contributed by atoms with Crippen molar-refractivity contribution < 1.29 is 0 Å². The van der Waals surface area contributed by atoms with Crippen molar-refractivity contribution in [2.45, 2.75) is 26.8 Å². The minimum atomic E-state index is -0.431. The lowest BCUT2D eigenvalue weighted by atomic mass is 9.96. The number of benzene rings is 2. The van der Waals surface area contributed by atoms with Crippen molar-refractivity contribution in [3.8, 4) is 18.2 Å². The third-order valence-electron chi connectivity index (χ3n) is 6.49. The number of nitriles is 3. The molecular formula is C31H28N10. The van der Waals surface area contributed by atoms with E-state index in [1.54, 1.807) is 24.5 Å². The number of pyridine rings is 2. The van der Waals surface area contributed by atoms with Gasteiger partial charge < -0.3 is 16.1 Å². The van der Waals surface area contributed by atoms with Crippen LogP contribution in [0, 0.1) is 39.4 Å². The smallest absolute Gasteiger partial charge is 0.103 e. The summed E-state index contributed by atoms with van der Waals surface area (Å²) >= 11 is 0. The molecule has 10 heteroatoms. The number of anilines is 3. The molecule has 0 radical (unpaired) electrons. The first-order valence-electron chi connectivity index (χ1n) is 13.0. The Bertz CT molecular complexity index is 1750. The normalized spacial score (nSPS) is 13.4. The average Bonchev–Trinajstić information content (AvgIpc) is 3.48. The second kappa shape index (κ2) is 11.2. The van der Waals surface area contributed by atoms with Crippen molar-refractivity contribution in [2.75, 3.05) is 22.2 Å². The highest BCUT2D eigenvalue weighted by molar-refractivity contribution is 5.99. The zero-order valence-corrected chi connectivity index (χ0v) is 22.9. The average molecular weight is 541 g/mol. The molecule has 0 bridgehead atoms. The molecule has 1 aliphatic rings. The van der Waals surface area contributed by atoms with Crippen LogP contribution in [0.15, 0.2) is 79.0 Å². The van der Waals surface area contributed by atoms with E-state index < -0.39 is 6.04 Å². The zero-order chi connectivity index (χ0) is 29.0. The Morgan fingerprint density at radius 1 is 0.976 bits per heavy atom. The van der Waals surface area contributed by atoms with Gasteiger partial charge >= 0.3 is 0 Å². The summed E-state index contributed by atoms with van der Waals surface area (Å²) in [4.78, 5) is 8.65. The molecule has 0 saturated carbocycles. The second-order valence-corrected chi connectivity index (χ2v) is 10.8. The first-order chi connectivity index (χ1) is 19.8. The molecular weight excluding hydrogens is 512 g/mol. The van der Waals surface area contributed by atoms with Crippen LogP contribution in [0.1, 0.15) is 49.1 Å². The molecule has 5 rings (SSSR count). The molecule has 2 aromatic heterocycles. The third-order valence-corrected chi connectivity index (χ3v) is 6.49. The lowest BCUT2D eigenvalue weighted by Crippen LogP contribution is -2.37. The van der Waals surface area contributed by atoms with E-state index in [1.165, 1.54) is 6.20 Å². The minimum Gasteiger partial charge on any atom is -0.383 e. The number of rotatable bonds is 7. The molecule has 0 saturated heterocycles. The number of hydrogen-bond donors (Lipinski definition) is 4. The molecule has 4 N–H and O–H groups in total. The minimum absolute atomic E-state index is 0.0408. The molecule has 1 atom stereocenters. The van der Waals surface area contributed by atoms with Gasteiger partial charge in [0.25, 0.3) is 0 Å². The van der Waals surface area contributed by atoms with Gasteiger partial charge in [-0.2, -0.15) is 15.8 Å². The second-order valence-electron chi connectivity index (χ2n) is 10.8. The van der Waals surface area contributed by atoms with Crippen molar-refractivity contribution in [2.24, 2.45) is 5.41 Å². The van der Waals surface area contributed by atoms with Gasteiger partial charge in [-0.05, 0) is 47.4 Å². The molecule has 4 aromatic rings. The predicted octanol–water partition coefficient (Wildman–Crippen LogP) is 5.23. The van der Waals surface area contributed by atoms with Gasteiger partial charge in [0, 0.05) is 36.2 Å². The highest BCUT2D eigenvalue weighted by Gasteiger charge is 2.25. The van der Waals surface area contributed by atoms with Crippen LogP contribution in [0.3, 0.4) is 0 Å². The molecule has 3 heterocycles. The van der Waals surface area contributed by atoms with Crippen molar-refractivity contribution in [1.29, 1.82) is 15.8 Å². The number of fused-ring (bicyclic) bond motifs is 1. The fourth-order valence-corrected chi connectivity index (χ4v) is 4.51. The van der Waals surface area contributed by atoms with Crippen LogP contribution in [-0.2, 0) is 0 Å². The highest BCUT2D eigenvalue weighted by Crippen LogP contribution is 2.35. The molecule has 202 valence electrons. The summed E-state index contributed by atoms with van der Waals surface area (Å²) in [6.07, 6.45) is 6.86. The number of nitrogens with zero attached hydrogens (tertiary/aromatic N) is 6. The summed E-state index contributed by atoms with van der Waals surface area (Å²) in [5, 5.41) is 38.9. The van der Waals surface area contributed by atoms with E-state index in [1.807, 2.05) is 47.6 Å². The van der Waals surface area contributed by atoms with Crippen LogP contribution in [0.25, 0.3) is 10.9 Å². The number of nitrogens with one attached hydrogen (secondary N) is 4.